The SMILES string of the molecule is CC(C)c1ccccc1C(c1ccccc1C(C)C)N1CCOCC1. The van der Waals surface area contributed by atoms with Crippen molar-refractivity contribution >= 4 is 0 Å². The predicted octanol–water partition coefficient (Wildman–Crippen LogP) is 5.36. The third-order valence-electron chi connectivity index (χ3n) is 5.24. The predicted molar refractivity (Wildman–Crippen MR) is 105 cm³/mol. The highest BCUT2D eigenvalue weighted by molar-refractivity contribution is 5.43. The van der Waals surface area contributed by atoms with Gasteiger partial charge in [0.05, 0.1) is 19.3 Å². The molecule has 0 N–H and O–H groups in total. The summed E-state index contributed by atoms with van der Waals surface area (Å²) in [6.45, 7) is 12.8. The first-order chi connectivity index (χ1) is 12.1. The van der Waals surface area contributed by atoms with Crippen LogP contribution in [0.25, 0.3) is 0 Å². The summed E-state index contributed by atoms with van der Waals surface area (Å²) < 4.78 is 5.64. The molecule has 0 bridgehead atoms. The van der Waals surface area contributed by atoms with E-state index in [9.17, 15) is 0 Å². The smallest absolute Gasteiger partial charge is 0.0608 e. The Bertz CT molecular complexity index is 634. The molecule has 1 aliphatic heterocycles. The van der Waals surface area contributed by atoms with Crippen molar-refractivity contribution in [2.45, 2.75) is 45.6 Å². The molecule has 2 aromatic rings. The van der Waals surface area contributed by atoms with Gasteiger partial charge in [-0.1, -0.05) is 76.2 Å². The summed E-state index contributed by atoms with van der Waals surface area (Å²) in [5.41, 5.74) is 5.81. The molecule has 1 saturated heterocycles. The van der Waals surface area contributed by atoms with E-state index in [-0.39, 0.29) is 0 Å². The molecular formula is C23H31NO. The first-order valence-corrected chi connectivity index (χ1v) is 9.59. The van der Waals surface area contributed by atoms with E-state index < -0.39 is 0 Å². The van der Waals surface area contributed by atoms with Gasteiger partial charge in [-0.2, -0.15) is 0 Å². The Labute approximate surface area is 152 Å². The second-order valence-corrected chi connectivity index (χ2v) is 7.62. The van der Waals surface area contributed by atoms with E-state index in [1.54, 1.807) is 0 Å². The average molecular weight is 338 g/mol. The van der Waals surface area contributed by atoms with E-state index in [2.05, 4.69) is 81.1 Å². The molecule has 134 valence electrons. The van der Waals surface area contributed by atoms with Crippen LogP contribution in [0.4, 0.5) is 0 Å². The van der Waals surface area contributed by atoms with Gasteiger partial charge < -0.3 is 4.74 Å². The summed E-state index contributed by atoms with van der Waals surface area (Å²) in [7, 11) is 0. The van der Waals surface area contributed by atoms with Crippen LogP contribution in [-0.4, -0.2) is 31.2 Å². The van der Waals surface area contributed by atoms with Gasteiger partial charge in [0.15, 0.2) is 0 Å². The number of hydrogen-bond donors (Lipinski definition) is 0. The molecule has 0 atom stereocenters. The zero-order chi connectivity index (χ0) is 17.8. The molecule has 1 aliphatic rings. The monoisotopic (exact) mass is 337 g/mol. The Hall–Kier alpha value is -1.64. The fraction of sp³-hybridized carbons (Fsp3) is 0.478. The minimum absolute atomic E-state index is 0.307. The first-order valence-electron chi connectivity index (χ1n) is 9.59. The highest BCUT2D eigenvalue weighted by Crippen LogP contribution is 2.37. The Morgan fingerprint density at radius 3 is 1.48 bits per heavy atom. The van der Waals surface area contributed by atoms with Crippen LogP contribution >= 0.6 is 0 Å². The van der Waals surface area contributed by atoms with Gasteiger partial charge >= 0.3 is 0 Å². The molecule has 0 amide bonds. The van der Waals surface area contributed by atoms with E-state index in [4.69, 9.17) is 4.74 Å². The van der Waals surface area contributed by atoms with E-state index in [0.717, 1.165) is 26.3 Å². The number of morpholine rings is 1. The number of ether oxygens (including phenoxy) is 1. The molecule has 0 aliphatic carbocycles. The highest BCUT2D eigenvalue weighted by Gasteiger charge is 2.28. The fourth-order valence-electron chi connectivity index (χ4n) is 3.97. The van der Waals surface area contributed by atoms with Crippen molar-refractivity contribution in [2.75, 3.05) is 26.3 Å². The molecule has 2 aromatic carbocycles. The van der Waals surface area contributed by atoms with Crippen LogP contribution < -0.4 is 0 Å². The Balaban J connectivity index is 2.15. The van der Waals surface area contributed by atoms with Crippen LogP contribution in [0, 0.1) is 0 Å². The van der Waals surface area contributed by atoms with Gasteiger partial charge in [-0.3, -0.25) is 4.90 Å². The fourth-order valence-corrected chi connectivity index (χ4v) is 3.97. The van der Waals surface area contributed by atoms with Gasteiger partial charge in [0.1, 0.15) is 0 Å². The van der Waals surface area contributed by atoms with E-state index >= 15 is 0 Å². The highest BCUT2D eigenvalue weighted by atomic mass is 16.5. The topological polar surface area (TPSA) is 12.5 Å². The van der Waals surface area contributed by atoms with Crippen LogP contribution in [0.1, 0.15) is 67.8 Å². The van der Waals surface area contributed by atoms with E-state index in [1.165, 1.54) is 22.3 Å². The molecule has 25 heavy (non-hydrogen) atoms. The van der Waals surface area contributed by atoms with Crippen LogP contribution in [-0.2, 0) is 4.74 Å². The molecule has 1 heterocycles. The summed E-state index contributed by atoms with van der Waals surface area (Å²) in [5, 5.41) is 0. The van der Waals surface area contributed by atoms with Crippen LogP contribution in [0.2, 0.25) is 0 Å². The van der Waals surface area contributed by atoms with Crippen molar-refractivity contribution < 1.29 is 4.74 Å². The Morgan fingerprint density at radius 2 is 1.08 bits per heavy atom. The standard InChI is InChI=1S/C23H31NO/c1-17(2)19-9-5-7-11-21(19)23(24-13-15-25-16-14-24)22-12-8-6-10-20(22)18(3)4/h5-12,17-18,23H,13-16H2,1-4H3. The van der Waals surface area contributed by atoms with Crippen molar-refractivity contribution in [1.29, 1.82) is 0 Å². The van der Waals surface area contributed by atoms with Crippen LogP contribution in [0.5, 0.6) is 0 Å². The van der Waals surface area contributed by atoms with Crippen LogP contribution in [0.3, 0.4) is 0 Å². The lowest BCUT2D eigenvalue weighted by molar-refractivity contribution is 0.0236. The normalized spacial score (nSPS) is 16.1. The van der Waals surface area contributed by atoms with Crippen molar-refractivity contribution in [3.8, 4) is 0 Å². The summed E-state index contributed by atoms with van der Waals surface area (Å²) in [6.07, 6.45) is 0. The number of hydrogen-bond acceptors (Lipinski definition) is 2. The molecule has 1 fully saturated rings. The van der Waals surface area contributed by atoms with Gasteiger partial charge in [-0.15, -0.1) is 0 Å². The maximum absolute atomic E-state index is 5.64. The van der Waals surface area contributed by atoms with Gasteiger partial charge in [-0.05, 0) is 34.1 Å². The molecule has 0 radical (unpaired) electrons. The average Bonchev–Trinajstić information content (AvgIpc) is 2.63. The second kappa shape index (κ2) is 8.16. The summed E-state index contributed by atoms with van der Waals surface area (Å²) in [5.74, 6) is 1.04. The number of benzene rings is 2. The molecule has 0 unspecified atom stereocenters. The molecule has 0 saturated carbocycles. The van der Waals surface area contributed by atoms with Crippen molar-refractivity contribution in [3.05, 3.63) is 70.8 Å². The van der Waals surface area contributed by atoms with Crippen molar-refractivity contribution in [2.24, 2.45) is 0 Å². The lowest BCUT2D eigenvalue weighted by Crippen LogP contribution is -2.40. The minimum atomic E-state index is 0.307. The largest absolute Gasteiger partial charge is 0.379 e. The zero-order valence-corrected chi connectivity index (χ0v) is 16.0. The molecule has 0 aromatic heterocycles. The Morgan fingerprint density at radius 1 is 0.680 bits per heavy atom. The molecule has 2 nitrogen and oxygen atoms in total. The first kappa shape index (κ1) is 18.2. The van der Waals surface area contributed by atoms with E-state index in [0.29, 0.717) is 17.9 Å². The zero-order valence-electron chi connectivity index (χ0n) is 16.0. The maximum atomic E-state index is 5.64. The minimum Gasteiger partial charge on any atom is -0.379 e. The third kappa shape index (κ3) is 3.96. The molecule has 3 rings (SSSR count). The van der Waals surface area contributed by atoms with Gasteiger partial charge in [0.2, 0.25) is 0 Å². The summed E-state index contributed by atoms with van der Waals surface area (Å²) in [6, 6.07) is 18.3. The van der Waals surface area contributed by atoms with E-state index in [1.807, 2.05) is 0 Å². The second-order valence-electron chi connectivity index (χ2n) is 7.62. The summed E-state index contributed by atoms with van der Waals surface area (Å²) in [4.78, 5) is 2.60. The van der Waals surface area contributed by atoms with Crippen molar-refractivity contribution in [3.63, 3.8) is 0 Å². The van der Waals surface area contributed by atoms with Gasteiger partial charge in [0.25, 0.3) is 0 Å². The lowest BCUT2D eigenvalue weighted by atomic mass is 9.84. The lowest BCUT2D eigenvalue weighted by Gasteiger charge is -2.37. The molecular weight excluding hydrogens is 306 g/mol. The van der Waals surface area contributed by atoms with Gasteiger partial charge in [0, 0.05) is 13.1 Å². The molecule has 2 heteroatoms. The Kier molecular flexibility index (Phi) is 5.93. The number of rotatable bonds is 5. The summed E-state index contributed by atoms with van der Waals surface area (Å²) >= 11 is 0. The van der Waals surface area contributed by atoms with Crippen molar-refractivity contribution in [1.82, 2.24) is 4.90 Å². The number of nitrogens with zero attached hydrogens (tertiary/aromatic N) is 1. The third-order valence-corrected chi connectivity index (χ3v) is 5.24. The quantitative estimate of drug-likeness (QED) is 0.729. The maximum Gasteiger partial charge on any atom is 0.0608 e. The van der Waals surface area contributed by atoms with Crippen LogP contribution in [0.15, 0.2) is 48.5 Å². The van der Waals surface area contributed by atoms with Gasteiger partial charge in [-0.25, -0.2) is 0 Å². The molecule has 0 spiro atoms.